The van der Waals surface area contributed by atoms with Gasteiger partial charge in [0.1, 0.15) is 5.75 Å². The van der Waals surface area contributed by atoms with Gasteiger partial charge in [-0.15, -0.1) is 0 Å². The molecule has 1 amide bonds. The van der Waals surface area contributed by atoms with E-state index in [2.05, 4.69) is 19.2 Å². The highest BCUT2D eigenvalue weighted by Gasteiger charge is 2.10. The van der Waals surface area contributed by atoms with E-state index in [9.17, 15) is 9.90 Å². The van der Waals surface area contributed by atoms with Crippen LogP contribution in [0.1, 0.15) is 42.6 Å². The maximum absolute atomic E-state index is 11.8. The predicted molar refractivity (Wildman–Crippen MR) is 77.7 cm³/mol. The van der Waals surface area contributed by atoms with E-state index >= 15 is 0 Å². The van der Waals surface area contributed by atoms with Crippen LogP contribution < -0.4 is 5.32 Å². The van der Waals surface area contributed by atoms with Crippen LogP contribution in [0.3, 0.4) is 0 Å². The number of hydrogen-bond donors (Lipinski definition) is 2. The standard InChI is InChI=1S/C16H19NO2/c1-4-17-16(19)13-7-12-6-5-11(10(2)3)8-14(12)15(18)9-13/h5-10,18H,4H2,1-3H3,(H,17,19). The van der Waals surface area contributed by atoms with Crippen molar-refractivity contribution < 1.29 is 9.90 Å². The average molecular weight is 257 g/mol. The van der Waals surface area contributed by atoms with Crippen LogP contribution >= 0.6 is 0 Å². The van der Waals surface area contributed by atoms with Crippen molar-refractivity contribution in [2.24, 2.45) is 0 Å². The summed E-state index contributed by atoms with van der Waals surface area (Å²) >= 11 is 0. The van der Waals surface area contributed by atoms with Gasteiger partial charge in [0, 0.05) is 17.5 Å². The first-order chi connectivity index (χ1) is 9.02. The zero-order valence-electron chi connectivity index (χ0n) is 11.5. The van der Waals surface area contributed by atoms with Crippen LogP contribution in [0.2, 0.25) is 0 Å². The molecule has 0 saturated carbocycles. The lowest BCUT2D eigenvalue weighted by atomic mass is 9.97. The molecule has 19 heavy (non-hydrogen) atoms. The van der Waals surface area contributed by atoms with E-state index in [-0.39, 0.29) is 11.7 Å². The molecule has 0 aliphatic carbocycles. The lowest BCUT2D eigenvalue weighted by Crippen LogP contribution is -2.22. The first kappa shape index (κ1) is 13.4. The molecule has 2 N–H and O–H groups in total. The normalized spacial score (nSPS) is 10.9. The fourth-order valence-corrected chi connectivity index (χ4v) is 2.11. The van der Waals surface area contributed by atoms with Crippen LogP contribution in [-0.4, -0.2) is 17.6 Å². The van der Waals surface area contributed by atoms with Gasteiger partial charge in [0.2, 0.25) is 0 Å². The van der Waals surface area contributed by atoms with Gasteiger partial charge >= 0.3 is 0 Å². The smallest absolute Gasteiger partial charge is 0.251 e. The minimum atomic E-state index is -0.160. The van der Waals surface area contributed by atoms with Crippen LogP contribution in [0.5, 0.6) is 5.75 Å². The number of hydrogen-bond acceptors (Lipinski definition) is 2. The van der Waals surface area contributed by atoms with Crippen molar-refractivity contribution in [3.05, 3.63) is 41.5 Å². The van der Waals surface area contributed by atoms with Crippen molar-refractivity contribution in [3.63, 3.8) is 0 Å². The van der Waals surface area contributed by atoms with E-state index in [1.807, 2.05) is 31.2 Å². The molecule has 0 atom stereocenters. The van der Waals surface area contributed by atoms with E-state index < -0.39 is 0 Å². The summed E-state index contributed by atoms with van der Waals surface area (Å²) in [6, 6.07) is 9.31. The lowest BCUT2D eigenvalue weighted by molar-refractivity contribution is 0.0955. The third-order valence-electron chi connectivity index (χ3n) is 3.22. The first-order valence-corrected chi connectivity index (χ1v) is 6.57. The molecule has 2 aromatic carbocycles. The van der Waals surface area contributed by atoms with Gasteiger partial charge in [0.15, 0.2) is 0 Å². The van der Waals surface area contributed by atoms with Gasteiger partial charge in [0.25, 0.3) is 5.91 Å². The van der Waals surface area contributed by atoms with E-state index in [4.69, 9.17) is 0 Å². The Morgan fingerprint density at radius 2 is 2.00 bits per heavy atom. The SMILES string of the molecule is CCNC(=O)c1cc(O)c2cc(C(C)C)ccc2c1. The van der Waals surface area contributed by atoms with E-state index in [1.54, 1.807) is 0 Å². The molecule has 2 rings (SSSR count). The van der Waals surface area contributed by atoms with Crippen molar-refractivity contribution in [1.82, 2.24) is 5.32 Å². The van der Waals surface area contributed by atoms with E-state index in [0.717, 1.165) is 10.8 Å². The summed E-state index contributed by atoms with van der Waals surface area (Å²) in [5.41, 5.74) is 1.66. The molecule has 0 heterocycles. The zero-order chi connectivity index (χ0) is 14.0. The van der Waals surface area contributed by atoms with Gasteiger partial charge in [0.05, 0.1) is 0 Å². The molecule has 0 fully saturated rings. The number of carbonyl (C=O) groups is 1. The van der Waals surface area contributed by atoms with Crippen molar-refractivity contribution >= 4 is 16.7 Å². The van der Waals surface area contributed by atoms with Gasteiger partial charge in [-0.25, -0.2) is 0 Å². The monoisotopic (exact) mass is 257 g/mol. The fourth-order valence-electron chi connectivity index (χ4n) is 2.11. The summed E-state index contributed by atoms with van der Waals surface area (Å²) < 4.78 is 0. The number of rotatable bonds is 3. The number of carbonyl (C=O) groups excluding carboxylic acids is 1. The van der Waals surface area contributed by atoms with Crippen LogP contribution in [0, 0.1) is 0 Å². The largest absolute Gasteiger partial charge is 0.507 e. The second-order valence-electron chi connectivity index (χ2n) is 4.99. The molecule has 0 radical (unpaired) electrons. The van der Waals surface area contributed by atoms with Gasteiger partial charge in [-0.3, -0.25) is 4.79 Å². The van der Waals surface area contributed by atoms with Crippen molar-refractivity contribution in [1.29, 1.82) is 0 Å². The Labute approximate surface area is 113 Å². The van der Waals surface area contributed by atoms with Crippen molar-refractivity contribution in [2.45, 2.75) is 26.7 Å². The quantitative estimate of drug-likeness (QED) is 0.885. The highest BCUT2D eigenvalue weighted by atomic mass is 16.3. The number of phenolic OH excluding ortho intramolecular Hbond substituents is 1. The summed E-state index contributed by atoms with van der Waals surface area (Å²) in [4.78, 5) is 11.8. The molecule has 0 spiro atoms. The van der Waals surface area contributed by atoms with Gasteiger partial charge in [-0.1, -0.05) is 26.0 Å². The average Bonchev–Trinajstić information content (AvgIpc) is 2.38. The molecule has 0 aliphatic rings. The Hall–Kier alpha value is -2.03. The van der Waals surface area contributed by atoms with E-state index in [0.29, 0.717) is 18.0 Å². The van der Waals surface area contributed by atoms with Gasteiger partial charge in [-0.05, 0) is 42.0 Å². The van der Waals surface area contributed by atoms with E-state index in [1.165, 1.54) is 11.6 Å². The van der Waals surface area contributed by atoms with Crippen LogP contribution in [0.15, 0.2) is 30.3 Å². The van der Waals surface area contributed by atoms with Crippen LogP contribution in [0.4, 0.5) is 0 Å². The summed E-state index contributed by atoms with van der Waals surface area (Å²) in [6.07, 6.45) is 0. The molecule has 100 valence electrons. The first-order valence-electron chi connectivity index (χ1n) is 6.57. The molecule has 0 saturated heterocycles. The number of fused-ring (bicyclic) bond motifs is 1. The zero-order valence-corrected chi connectivity index (χ0v) is 11.5. The predicted octanol–water partition coefficient (Wildman–Crippen LogP) is 3.42. The second-order valence-corrected chi connectivity index (χ2v) is 4.99. The molecular formula is C16H19NO2. The Balaban J connectivity index is 2.53. The van der Waals surface area contributed by atoms with Crippen LogP contribution in [0.25, 0.3) is 10.8 Å². The molecule has 3 nitrogen and oxygen atoms in total. The number of aromatic hydroxyl groups is 1. The summed E-state index contributed by atoms with van der Waals surface area (Å²) in [6.45, 7) is 6.67. The fraction of sp³-hybridized carbons (Fsp3) is 0.312. The minimum absolute atomic E-state index is 0.154. The third-order valence-corrected chi connectivity index (χ3v) is 3.22. The topological polar surface area (TPSA) is 49.3 Å². The molecule has 2 aromatic rings. The second kappa shape index (κ2) is 5.31. The highest BCUT2D eigenvalue weighted by molar-refractivity contribution is 6.00. The minimum Gasteiger partial charge on any atom is -0.507 e. The number of nitrogens with one attached hydrogen (secondary N) is 1. The van der Waals surface area contributed by atoms with Gasteiger partial charge < -0.3 is 10.4 Å². The lowest BCUT2D eigenvalue weighted by Gasteiger charge is -2.10. The highest BCUT2D eigenvalue weighted by Crippen LogP contribution is 2.29. The molecule has 0 aliphatic heterocycles. The molecule has 3 heteroatoms. The molecule has 0 bridgehead atoms. The summed E-state index contributed by atoms with van der Waals surface area (Å²) in [7, 11) is 0. The number of phenols is 1. The number of benzene rings is 2. The van der Waals surface area contributed by atoms with Crippen LogP contribution in [-0.2, 0) is 0 Å². The van der Waals surface area contributed by atoms with Crippen molar-refractivity contribution in [2.75, 3.05) is 6.54 Å². The maximum Gasteiger partial charge on any atom is 0.251 e. The van der Waals surface area contributed by atoms with Crippen molar-refractivity contribution in [3.8, 4) is 5.75 Å². The third kappa shape index (κ3) is 2.70. The molecule has 0 aromatic heterocycles. The Bertz CT molecular complexity index is 617. The Kier molecular flexibility index (Phi) is 3.74. The Morgan fingerprint density at radius 1 is 1.26 bits per heavy atom. The summed E-state index contributed by atoms with van der Waals surface area (Å²) in [5.74, 6) is 0.403. The number of amides is 1. The molecular weight excluding hydrogens is 238 g/mol. The molecule has 0 unspecified atom stereocenters. The Morgan fingerprint density at radius 3 is 2.63 bits per heavy atom. The maximum atomic E-state index is 11.8. The van der Waals surface area contributed by atoms with Gasteiger partial charge in [-0.2, -0.15) is 0 Å². The summed E-state index contributed by atoms with van der Waals surface area (Å²) in [5, 5.41) is 14.5.